The SMILES string of the molecule is [C-]#[N+]/C(C#N)=c1/c2c(/c(=C(\C#N)[N+]#[C-])c3c1-c1ccc(C)c(C)c1C3)-c1ccc(SC(F)(F)F)c(SC(F)(F)F)c1C2. The minimum atomic E-state index is -4.92. The molecule has 4 nitrogen and oxygen atoms in total. The van der Waals surface area contributed by atoms with E-state index in [1.165, 1.54) is 6.07 Å². The van der Waals surface area contributed by atoms with Crippen LogP contribution in [0.1, 0.15) is 33.4 Å². The third-order valence-electron chi connectivity index (χ3n) is 7.40. The van der Waals surface area contributed by atoms with Gasteiger partial charge in [0.05, 0.1) is 25.3 Å². The van der Waals surface area contributed by atoms with Crippen molar-refractivity contribution in [1.82, 2.24) is 0 Å². The molecule has 0 N–H and O–H groups in total. The number of fused-ring (bicyclic) bond motifs is 6. The van der Waals surface area contributed by atoms with Crippen LogP contribution in [-0.4, -0.2) is 11.0 Å². The highest BCUT2D eigenvalue weighted by Gasteiger charge is 2.39. The predicted molar refractivity (Wildman–Crippen MR) is 147 cm³/mol. The molecular weight excluding hydrogens is 594 g/mol. The van der Waals surface area contributed by atoms with Gasteiger partial charge in [-0.25, -0.2) is 20.2 Å². The molecule has 0 saturated carbocycles. The molecule has 0 saturated heterocycles. The Morgan fingerprint density at radius 2 is 1.21 bits per heavy atom. The number of aryl methyl sites for hydroxylation is 1. The molecule has 2 aliphatic carbocycles. The zero-order chi connectivity index (χ0) is 30.7. The summed E-state index contributed by atoms with van der Waals surface area (Å²) >= 11 is -1.34. The normalized spacial score (nSPS) is 14.4. The van der Waals surface area contributed by atoms with Gasteiger partial charge in [0.15, 0.2) is 0 Å². The summed E-state index contributed by atoms with van der Waals surface area (Å²) in [5.41, 5.74) is -5.65. The number of halogens is 6. The van der Waals surface area contributed by atoms with Gasteiger partial charge in [-0.05, 0) is 112 Å². The first-order valence-corrected chi connectivity index (χ1v) is 13.7. The van der Waals surface area contributed by atoms with Crippen LogP contribution in [0.5, 0.6) is 0 Å². The molecule has 2 aliphatic rings. The first-order chi connectivity index (χ1) is 19.7. The van der Waals surface area contributed by atoms with E-state index in [2.05, 4.69) is 9.69 Å². The highest BCUT2D eigenvalue weighted by atomic mass is 32.2. The van der Waals surface area contributed by atoms with E-state index >= 15 is 0 Å². The van der Waals surface area contributed by atoms with Crippen molar-refractivity contribution < 1.29 is 26.3 Å². The molecule has 3 aromatic rings. The van der Waals surface area contributed by atoms with Crippen molar-refractivity contribution in [2.24, 2.45) is 0 Å². The van der Waals surface area contributed by atoms with Crippen LogP contribution in [0.2, 0.25) is 0 Å². The van der Waals surface area contributed by atoms with Gasteiger partial charge < -0.3 is 0 Å². The van der Waals surface area contributed by atoms with Crippen LogP contribution < -0.4 is 10.4 Å². The van der Waals surface area contributed by atoms with Crippen molar-refractivity contribution in [3.05, 3.63) is 90.9 Å². The second-order valence-corrected chi connectivity index (χ2v) is 11.7. The third-order valence-corrected chi connectivity index (χ3v) is 9.22. The highest BCUT2D eigenvalue weighted by Crippen LogP contribution is 2.52. The Hall–Kier alpha value is -4.36. The molecule has 0 fully saturated rings. The van der Waals surface area contributed by atoms with E-state index < -0.39 is 44.3 Å². The number of benzene rings is 3. The van der Waals surface area contributed by atoms with Crippen LogP contribution in [0, 0.1) is 49.7 Å². The monoisotopic (exact) mass is 608 g/mol. The van der Waals surface area contributed by atoms with Crippen LogP contribution in [0.3, 0.4) is 0 Å². The van der Waals surface area contributed by atoms with Gasteiger partial charge in [-0.3, -0.25) is 0 Å². The Bertz CT molecular complexity index is 2000. The molecule has 0 radical (unpaired) electrons. The molecule has 0 bridgehead atoms. The van der Waals surface area contributed by atoms with Gasteiger partial charge in [0, 0.05) is 20.2 Å². The number of nitriles is 2. The van der Waals surface area contributed by atoms with E-state index in [0.717, 1.165) is 22.8 Å². The minimum absolute atomic E-state index is 0.0717. The van der Waals surface area contributed by atoms with Crippen molar-refractivity contribution >= 4 is 34.9 Å². The lowest BCUT2D eigenvalue weighted by molar-refractivity contribution is -0.0346. The topological polar surface area (TPSA) is 56.3 Å². The molecule has 0 aromatic heterocycles. The quantitative estimate of drug-likeness (QED) is 0.117. The number of nitrogens with zero attached hydrogens (tertiary/aromatic N) is 4. The molecule has 0 spiro atoms. The molecule has 42 heavy (non-hydrogen) atoms. The Morgan fingerprint density at radius 1 is 0.738 bits per heavy atom. The summed E-state index contributed by atoms with van der Waals surface area (Å²) < 4.78 is 81.3. The highest BCUT2D eigenvalue weighted by molar-refractivity contribution is 8.03. The lowest BCUT2D eigenvalue weighted by Crippen LogP contribution is -2.25. The second-order valence-electron chi connectivity index (χ2n) is 9.50. The average Bonchev–Trinajstić information content (AvgIpc) is 3.48. The van der Waals surface area contributed by atoms with Gasteiger partial charge in [-0.1, -0.05) is 18.2 Å². The van der Waals surface area contributed by atoms with Gasteiger partial charge in [-0.15, -0.1) is 0 Å². The lowest BCUT2D eigenvalue weighted by Gasteiger charge is -2.16. The maximum Gasteiger partial charge on any atom is 0.446 e. The first kappa shape index (κ1) is 29.1. The van der Waals surface area contributed by atoms with Crippen LogP contribution in [0.25, 0.3) is 43.3 Å². The van der Waals surface area contributed by atoms with Gasteiger partial charge in [-0.2, -0.15) is 26.3 Å². The van der Waals surface area contributed by atoms with E-state index in [0.29, 0.717) is 16.7 Å². The summed E-state index contributed by atoms with van der Waals surface area (Å²) in [7, 11) is 0. The zero-order valence-electron chi connectivity index (χ0n) is 21.6. The summed E-state index contributed by atoms with van der Waals surface area (Å²) in [5.74, 6) is 0. The van der Waals surface area contributed by atoms with Gasteiger partial charge in [0.25, 0.3) is 11.4 Å². The first-order valence-electron chi connectivity index (χ1n) is 12.0. The molecule has 0 amide bonds. The molecule has 0 aliphatic heterocycles. The summed E-state index contributed by atoms with van der Waals surface area (Å²) in [5, 5.41) is 20.3. The smallest absolute Gasteiger partial charge is 0.226 e. The maximum absolute atomic E-state index is 13.7. The molecule has 0 heterocycles. The number of hydrogen-bond donors (Lipinski definition) is 0. The Labute approximate surface area is 244 Å². The minimum Gasteiger partial charge on any atom is -0.226 e. The van der Waals surface area contributed by atoms with E-state index in [4.69, 9.17) is 13.1 Å². The molecule has 208 valence electrons. The number of thioether (sulfide) groups is 2. The fourth-order valence-corrected chi connectivity index (χ4v) is 7.29. The average molecular weight is 609 g/mol. The van der Waals surface area contributed by atoms with Crippen molar-refractivity contribution in [2.45, 2.75) is 47.5 Å². The molecule has 0 unspecified atom stereocenters. The molecule has 0 atom stereocenters. The number of alkyl halides is 6. The number of hydrogen-bond acceptors (Lipinski definition) is 4. The van der Waals surface area contributed by atoms with Crippen LogP contribution in [0.15, 0.2) is 34.1 Å². The predicted octanol–water partition coefficient (Wildman–Crippen LogP) is 7.77. The van der Waals surface area contributed by atoms with Crippen molar-refractivity contribution in [3.63, 3.8) is 0 Å². The van der Waals surface area contributed by atoms with Crippen molar-refractivity contribution in [3.8, 4) is 34.4 Å². The van der Waals surface area contributed by atoms with E-state index in [1.807, 2.05) is 32.1 Å². The third kappa shape index (κ3) is 4.68. The van der Waals surface area contributed by atoms with E-state index in [9.17, 15) is 36.9 Å². The van der Waals surface area contributed by atoms with Crippen molar-refractivity contribution in [1.29, 1.82) is 10.5 Å². The Kier molecular flexibility index (Phi) is 7.06. The fraction of sp³-hybridized carbons (Fsp3) is 0.200. The fourth-order valence-electron chi connectivity index (χ4n) is 5.74. The lowest BCUT2D eigenvalue weighted by atomic mass is 9.90. The van der Waals surface area contributed by atoms with Gasteiger partial charge in [0.2, 0.25) is 0 Å². The molecular formula is C30H14F6N4S2. The van der Waals surface area contributed by atoms with E-state index in [-0.39, 0.29) is 56.9 Å². The Balaban J connectivity index is 2.02. The molecule has 3 aromatic carbocycles. The van der Waals surface area contributed by atoms with Crippen LogP contribution in [0.4, 0.5) is 26.3 Å². The van der Waals surface area contributed by atoms with Crippen LogP contribution in [-0.2, 0) is 12.8 Å². The summed E-state index contributed by atoms with van der Waals surface area (Å²) in [4.78, 5) is 5.52. The van der Waals surface area contributed by atoms with Gasteiger partial charge in [0.1, 0.15) is 0 Å². The van der Waals surface area contributed by atoms with E-state index in [1.54, 1.807) is 6.07 Å². The zero-order valence-corrected chi connectivity index (χ0v) is 23.2. The molecule has 5 rings (SSSR count). The Morgan fingerprint density at radius 3 is 1.69 bits per heavy atom. The standard InChI is InChI=1S/C30H14F6N4S2/c1-13-5-6-15-17(14(13)2)9-19-24(15)27(22(12-38)40-4)20-10-18-16(25(20)26(19)21(11-37)39-3)7-8-23(41-29(31,32)33)28(18)42-30(34,35)36/h5-8H,9-10H2,1-2H3/b26-21+,27-22-. The second kappa shape index (κ2) is 10.2. The largest absolute Gasteiger partial charge is 0.446 e. The maximum atomic E-state index is 13.7. The molecule has 12 heteroatoms. The summed E-state index contributed by atoms with van der Waals surface area (Å²) in [6.45, 7) is 19.3. The van der Waals surface area contributed by atoms with Crippen molar-refractivity contribution in [2.75, 3.05) is 0 Å². The summed E-state index contributed by atoms with van der Waals surface area (Å²) in [6.07, 6.45) is -0.102. The number of rotatable bonds is 2. The summed E-state index contributed by atoms with van der Waals surface area (Å²) in [6, 6.07) is 9.61. The van der Waals surface area contributed by atoms with Crippen LogP contribution >= 0.6 is 23.5 Å². The van der Waals surface area contributed by atoms with Gasteiger partial charge >= 0.3 is 11.0 Å².